The Morgan fingerprint density at radius 3 is 2.70 bits per heavy atom. The molecule has 20 heavy (non-hydrogen) atoms. The molecule has 3 rings (SSSR count). The predicted molar refractivity (Wildman–Crippen MR) is 78.2 cm³/mol. The number of benzene rings is 2. The van der Waals surface area contributed by atoms with Crippen molar-refractivity contribution >= 4 is 16.6 Å². The summed E-state index contributed by atoms with van der Waals surface area (Å²) in [5, 5.41) is 2.24. The Balaban J connectivity index is 2.16. The van der Waals surface area contributed by atoms with Gasteiger partial charge in [0.05, 0.1) is 20.5 Å². The summed E-state index contributed by atoms with van der Waals surface area (Å²) in [4.78, 5) is 12.4. The number of fused-ring (bicyclic) bond motifs is 3. The molecule has 0 bridgehead atoms. The Hall–Kier alpha value is -2.29. The Labute approximate surface area is 117 Å². The molecule has 0 atom stereocenters. The van der Waals surface area contributed by atoms with E-state index in [9.17, 15) is 4.79 Å². The highest BCUT2D eigenvalue weighted by Gasteiger charge is 2.23. The molecule has 0 saturated carbocycles. The number of rotatable bonds is 2. The molecule has 1 aliphatic rings. The summed E-state index contributed by atoms with van der Waals surface area (Å²) >= 11 is 0. The van der Waals surface area contributed by atoms with Gasteiger partial charge in [-0.15, -0.1) is 0 Å². The minimum absolute atomic E-state index is 0.0748. The third-order valence-corrected chi connectivity index (χ3v) is 3.78. The van der Waals surface area contributed by atoms with Gasteiger partial charge in [-0.1, -0.05) is 18.2 Å². The van der Waals surface area contributed by atoms with E-state index in [1.165, 1.54) is 0 Å². The number of hydrogen-bond acceptors (Lipinski definition) is 3. The fourth-order valence-corrected chi connectivity index (χ4v) is 2.78. The standard InChI is InChI=1S/C17H16O3/c1-19-10-12-4-6-15-14-8-5-13(20-2)9-11(14)3-7-16(15)17(12)18/h3,5,7-10H,4,6H2,1-2H3/b12-10-. The van der Waals surface area contributed by atoms with E-state index in [4.69, 9.17) is 9.47 Å². The van der Waals surface area contributed by atoms with Crippen molar-refractivity contribution in [2.75, 3.05) is 14.2 Å². The summed E-state index contributed by atoms with van der Waals surface area (Å²) in [7, 11) is 3.23. The highest BCUT2D eigenvalue weighted by molar-refractivity contribution is 6.13. The van der Waals surface area contributed by atoms with Crippen molar-refractivity contribution in [2.24, 2.45) is 0 Å². The molecule has 0 heterocycles. The summed E-state index contributed by atoms with van der Waals surface area (Å²) in [6, 6.07) is 9.85. The minimum Gasteiger partial charge on any atom is -0.504 e. The minimum atomic E-state index is 0.0748. The smallest absolute Gasteiger partial charge is 0.192 e. The van der Waals surface area contributed by atoms with Gasteiger partial charge in [0.25, 0.3) is 0 Å². The van der Waals surface area contributed by atoms with E-state index in [1.54, 1.807) is 20.5 Å². The van der Waals surface area contributed by atoms with Crippen LogP contribution in [-0.4, -0.2) is 20.0 Å². The quantitative estimate of drug-likeness (QED) is 0.617. The van der Waals surface area contributed by atoms with Gasteiger partial charge in [0.1, 0.15) is 5.75 Å². The van der Waals surface area contributed by atoms with Crippen molar-refractivity contribution in [2.45, 2.75) is 12.8 Å². The molecule has 0 amide bonds. The van der Waals surface area contributed by atoms with Crippen LogP contribution in [0, 0.1) is 0 Å². The van der Waals surface area contributed by atoms with Gasteiger partial charge < -0.3 is 9.47 Å². The molecule has 2 aromatic rings. The lowest BCUT2D eigenvalue weighted by molar-refractivity contribution is 0.102. The highest BCUT2D eigenvalue weighted by atomic mass is 16.5. The molecule has 0 fully saturated rings. The van der Waals surface area contributed by atoms with Gasteiger partial charge in [0.2, 0.25) is 0 Å². The highest BCUT2D eigenvalue weighted by Crippen LogP contribution is 2.32. The topological polar surface area (TPSA) is 35.5 Å². The maximum Gasteiger partial charge on any atom is 0.192 e. The zero-order valence-electron chi connectivity index (χ0n) is 11.6. The second-order valence-corrected chi connectivity index (χ2v) is 4.89. The molecule has 1 aliphatic carbocycles. The van der Waals surface area contributed by atoms with Crippen LogP contribution in [0.5, 0.6) is 5.75 Å². The first kappa shape index (κ1) is 12.7. The van der Waals surface area contributed by atoms with Crippen LogP contribution in [0.1, 0.15) is 22.3 Å². The van der Waals surface area contributed by atoms with E-state index in [-0.39, 0.29) is 5.78 Å². The van der Waals surface area contributed by atoms with Gasteiger partial charge in [-0.25, -0.2) is 0 Å². The average molecular weight is 268 g/mol. The van der Waals surface area contributed by atoms with Gasteiger partial charge in [0, 0.05) is 11.1 Å². The lowest BCUT2D eigenvalue weighted by Gasteiger charge is -2.19. The van der Waals surface area contributed by atoms with Crippen LogP contribution in [0.3, 0.4) is 0 Å². The van der Waals surface area contributed by atoms with E-state index in [0.29, 0.717) is 0 Å². The number of ketones is 1. The molecule has 0 saturated heterocycles. The van der Waals surface area contributed by atoms with E-state index in [1.807, 2.05) is 30.3 Å². The molecular weight excluding hydrogens is 252 g/mol. The van der Waals surface area contributed by atoms with Gasteiger partial charge >= 0.3 is 0 Å². The third kappa shape index (κ3) is 1.95. The molecule has 3 nitrogen and oxygen atoms in total. The van der Waals surface area contributed by atoms with Crippen LogP contribution in [0.2, 0.25) is 0 Å². The number of Topliss-reactive ketones (excluding diaryl/α,β-unsaturated/α-hetero) is 1. The average Bonchev–Trinajstić information content (AvgIpc) is 2.49. The zero-order valence-corrected chi connectivity index (χ0v) is 11.6. The molecule has 2 aromatic carbocycles. The molecule has 0 N–H and O–H groups in total. The van der Waals surface area contributed by atoms with E-state index < -0.39 is 0 Å². The molecule has 0 aromatic heterocycles. The number of carbonyl (C=O) groups excluding carboxylic acids is 1. The Bertz CT molecular complexity index is 713. The number of ether oxygens (including phenoxy) is 2. The third-order valence-electron chi connectivity index (χ3n) is 3.78. The van der Waals surface area contributed by atoms with Crippen LogP contribution in [0.25, 0.3) is 10.8 Å². The van der Waals surface area contributed by atoms with Crippen molar-refractivity contribution in [3.05, 3.63) is 53.3 Å². The summed E-state index contributed by atoms with van der Waals surface area (Å²) in [6.07, 6.45) is 3.15. The van der Waals surface area contributed by atoms with Crippen molar-refractivity contribution in [3.8, 4) is 5.75 Å². The maximum absolute atomic E-state index is 12.4. The van der Waals surface area contributed by atoms with Crippen molar-refractivity contribution in [1.82, 2.24) is 0 Å². The SMILES string of the molecule is CO/C=C1/CCc2c(ccc3cc(OC)ccc23)C1=O. The maximum atomic E-state index is 12.4. The molecule has 0 unspecified atom stereocenters. The Morgan fingerprint density at radius 2 is 1.95 bits per heavy atom. The zero-order chi connectivity index (χ0) is 14.1. The lowest BCUT2D eigenvalue weighted by atomic mass is 9.84. The summed E-state index contributed by atoms with van der Waals surface area (Å²) in [6.45, 7) is 0. The van der Waals surface area contributed by atoms with Gasteiger partial charge in [0.15, 0.2) is 5.78 Å². The van der Waals surface area contributed by atoms with Crippen molar-refractivity contribution in [1.29, 1.82) is 0 Å². The fourth-order valence-electron chi connectivity index (χ4n) is 2.78. The summed E-state index contributed by atoms with van der Waals surface area (Å²) < 4.78 is 10.2. The van der Waals surface area contributed by atoms with Crippen LogP contribution in [0.4, 0.5) is 0 Å². The number of hydrogen-bond donors (Lipinski definition) is 0. The van der Waals surface area contributed by atoms with E-state index >= 15 is 0 Å². The molecule has 102 valence electrons. The van der Waals surface area contributed by atoms with Crippen LogP contribution in [-0.2, 0) is 11.2 Å². The number of carbonyl (C=O) groups is 1. The molecule has 0 spiro atoms. The molecule has 3 heteroatoms. The number of methoxy groups -OCH3 is 2. The first-order chi connectivity index (χ1) is 9.74. The van der Waals surface area contributed by atoms with Gasteiger partial charge in [-0.05, 0) is 41.3 Å². The Morgan fingerprint density at radius 1 is 1.10 bits per heavy atom. The molecule has 0 radical (unpaired) electrons. The lowest BCUT2D eigenvalue weighted by Crippen LogP contribution is -2.14. The Kier molecular flexibility index (Phi) is 3.18. The second kappa shape index (κ2) is 5.00. The predicted octanol–water partition coefficient (Wildman–Crippen LogP) is 3.51. The van der Waals surface area contributed by atoms with Crippen LogP contribution < -0.4 is 4.74 Å². The van der Waals surface area contributed by atoms with Gasteiger partial charge in [-0.2, -0.15) is 0 Å². The van der Waals surface area contributed by atoms with Crippen LogP contribution in [0.15, 0.2) is 42.2 Å². The monoisotopic (exact) mass is 268 g/mol. The summed E-state index contributed by atoms with van der Waals surface area (Å²) in [5.74, 6) is 0.908. The van der Waals surface area contributed by atoms with Gasteiger partial charge in [-0.3, -0.25) is 4.79 Å². The van der Waals surface area contributed by atoms with Crippen molar-refractivity contribution < 1.29 is 14.3 Å². The normalized spacial score (nSPS) is 16.3. The van der Waals surface area contributed by atoms with Crippen molar-refractivity contribution in [3.63, 3.8) is 0 Å². The largest absolute Gasteiger partial charge is 0.504 e. The van der Waals surface area contributed by atoms with Crippen LogP contribution >= 0.6 is 0 Å². The number of aryl methyl sites for hydroxylation is 1. The number of allylic oxidation sites excluding steroid dienone is 1. The second-order valence-electron chi connectivity index (χ2n) is 4.89. The van der Waals surface area contributed by atoms with E-state index in [2.05, 4.69) is 0 Å². The summed E-state index contributed by atoms with van der Waals surface area (Å²) in [5.41, 5.74) is 2.66. The fraction of sp³-hybridized carbons (Fsp3) is 0.235. The first-order valence-electron chi connectivity index (χ1n) is 6.60. The molecule has 0 aliphatic heterocycles. The van der Waals surface area contributed by atoms with E-state index in [0.717, 1.165) is 46.1 Å². The molecular formula is C17H16O3. The first-order valence-corrected chi connectivity index (χ1v) is 6.60.